The normalized spacial score (nSPS) is 14.8. The van der Waals surface area contributed by atoms with Crippen LogP contribution in [0.3, 0.4) is 0 Å². The number of nitrogens with zero attached hydrogens (tertiary/aromatic N) is 3. The maximum atomic E-state index is 5.74. The number of rotatable bonds is 5. The van der Waals surface area contributed by atoms with E-state index in [1.165, 1.54) is 5.56 Å². The van der Waals surface area contributed by atoms with Gasteiger partial charge < -0.3 is 15.8 Å². The summed E-state index contributed by atoms with van der Waals surface area (Å²) in [6.07, 6.45) is 5.78. The predicted molar refractivity (Wildman–Crippen MR) is 112 cm³/mol. The van der Waals surface area contributed by atoms with Crippen molar-refractivity contribution in [3.8, 4) is 22.4 Å². The highest BCUT2D eigenvalue weighted by atomic mass is 16.5. The van der Waals surface area contributed by atoms with Gasteiger partial charge in [-0.05, 0) is 37.8 Å². The topological polar surface area (TPSA) is 86.0 Å². The number of nitrogens with one attached hydrogen (secondary N) is 1. The molecule has 6 heteroatoms. The van der Waals surface area contributed by atoms with Gasteiger partial charge >= 0.3 is 0 Å². The fraction of sp³-hybridized carbons (Fsp3) is 0.318. The van der Waals surface area contributed by atoms with Crippen LogP contribution in [0, 0.1) is 12.8 Å². The van der Waals surface area contributed by atoms with Gasteiger partial charge in [-0.3, -0.25) is 0 Å². The fourth-order valence-electron chi connectivity index (χ4n) is 3.36. The predicted octanol–water partition coefficient (Wildman–Crippen LogP) is 3.93. The number of aryl methyl sites for hydroxylation is 1. The first-order valence-corrected chi connectivity index (χ1v) is 9.66. The number of hydrogen-bond donors (Lipinski definition) is 2. The van der Waals surface area contributed by atoms with Gasteiger partial charge in [0, 0.05) is 48.8 Å². The molecule has 0 aliphatic carbocycles. The smallest absolute Gasteiger partial charge is 0.223 e. The number of aromatic nitrogens is 3. The van der Waals surface area contributed by atoms with Gasteiger partial charge in [0.15, 0.2) is 0 Å². The molecule has 1 aromatic carbocycles. The molecule has 0 saturated carbocycles. The minimum atomic E-state index is 0.497. The molecule has 3 aromatic rings. The van der Waals surface area contributed by atoms with E-state index in [-0.39, 0.29) is 0 Å². The summed E-state index contributed by atoms with van der Waals surface area (Å²) in [6.45, 7) is 4.62. The molecule has 2 aromatic heterocycles. The molecular formula is C22H25N5O. The summed E-state index contributed by atoms with van der Waals surface area (Å²) < 4.78 is 5.44. The van der Waals surface area contributed by atoms with E-state index < -0.39 is 0 Å². The lowest BCUT2D eigenvalue weighted by atomic mass is 10.0. The summed E-state index contributed by atoms with van der Waals surface area (Å²) >= 11 is 0. The molecule has 1 aliphatic rings. The number of pyridine rings is 1. The van der Waals surface area contributed by atoms with E-state index in [0.29, 0.717) is 17.7 Å². The summed E-state index contributed by atoms with van der Waals surface area (Å²) in [7, 11) is 0. The lowest BCUT2D eigenvalue weighted by Gasteiger charge is -2.22. The van der Waals surface area contributed by atoms with Crippen LogP contribution in [0.2, 0.25) is 0 Å². The summed E-state index contributed by atoms with van der Waals surface area (Å²) in [6, 6.07) is 12.1. The van der Waals surface area contributed by atoms with Gasteiger partial charge in [0.2, 0.25) is 5.95 Å². The van der Waals surface area contributed by atoms with E-state index in [9.17, 15) is 0 Å². The summed E-state index contributed by atoms with van der Waals surface area (Å²) in [5, 5.41) is 3.41. The molecule has 4 rings (SSSR count). The molecule has 6 nitrogen and oxygen atoms in total. The monoisotopic (exact) mass is 375 g/mol. The molecule has 0 spiro atoms. The fourth-order valence-corrected chi connectivity index (χ4v) is 3.36. The first kappa shape index (κ1) is 18.4. The zero-order chi connectivity index (χ0) is 19.3. The molecule has 0 bridgehead atoms. The number of hydrogen-bond acceptors (Lipinski definition) is 6. The van der Waals surface area contributed by atoms with Gasteiger partial charge in [0.05, 0.1) is 5.69 Å². The van der Waals surface area contributed by atoms with Crippen LogP contribution >= 0.6 is 0 Å². The van der Waals surface area contributed by atoms with E-state index >= 15 is 0 Å². The van der Waals surface area contributed by atoms with E-state index in [4.69, 9.17) is 15.5 Å². The summed E-state index contributed by atoms with van der Waals surface area (Å²) in [5.41, 5.74) is 10.8. The average molecular weight is 375 g/mol. The molecule has 0 amide bonds. The Balaban J connectivity index is 1.65. The van der Waals surface area contributed by atoms with E-state index in [0.717, 1.165) is 55.0 Å². The van der Waals surface area contributed by atoms with Crippen molar-refractivity contribution in [1.29, 1.82) is 0 Å². The zero-order valence-corrected chi connectivity index (χ0v) is 16.1. The average Bonchev–Trinajstić information content (AvgIpc) is 2.74. The van der Waals surface area contributed by atoms with Crippen LogP contribution in [0.15, 0.2) is 48.8 Å². The Labute approximate surface area is 165 Å². The third kappa shape index (κ3) is 4.28. The SMILES string of the molecule is Cc1ccc(-c2nc(NCC3CCOCC3)ncc2-c2ccc(N)nc2)cc1. The lowest BCUT2D eigenvalue weighted by molar-refractivity contribution is 0.0699. The number of benzene rings is 1. The van der Waals surface area contributed by atoms with Crippen molar-refractivity contribution < 1.29 is 4.74 Å². The maximum Gasteiger partial charge on any atom is 0.223 e. The van der Waals surface area contributed by atoms with Gasteiger partial charge in [-0.1, -0.05) is 29.8 Å². The van der Waals surface area contributed by atoms with Crippen molar-refractivity contribution in [3.05, 3.63) is 54.4 Å². The summed E-state index contributed by atoms with van der Waals surface area (Å²) in [5.74, 6) is 1.74. The highest BCUT2D eigenvalue weighted by molar-refractivity contribution is 5.80. The molecular weight excluding hydrogens is 350 g/mol. The molecule has 0 radical (unpaired) electrons. The quantitative estimate of drug-likeness (QED) is 0.703. The van der Waals surface area contributed by atoms with Crippen molar-refractivity contribution in [3.63, 3.8) is 0 Å². The lowest BCUT2D eigenvalue weighted by Crippen LogP contribution is -2.23. The largest absolute Gasteiger partial charge is 0.384 e. The van der Waals surface area contributed by atoms with E-state index in [2.05, 4.69) is 46.5 Å². The number of ether oxygens (including phenoxy) is 1. The Morgan fingerprint density at radius 1 is 1.00 bits per heavy atom. The van der Waals surface area contributed by atoms with E-state index in [1.807, 2.05) is 12.3 Å². The molecule has 3 N–H and O–H groups in total. The Morgan fingerprint density at radius 2 is 1.75 bits per heavy atom. The van der Waals surface area contributed by atoms with Crippen LogP contribution in [0.25, 0.3) is 22.4 Å². The first-order valence-electron chi connectivity index (χ1n) is 9.66. The third-order valence-electron chi connectivity index (χ3n) is 5.10. The van der Waals surface area contributed by atoms with Crippen LogP contribution < -0.4 is 11.1 Å². The highest BCUT2D eigenvalue weighted by Gasteiger charge is 2.16. The molecule has 1 fully saturated rings. The molecule has 144 valence electrons. The maximum absolute atomic E-state index is 5.74. The Bertz CT molecular complexity index is 919. The summed E-state index contributed by atoms with van der Waals surface area (Å²) in [4.78, 5) is 13.6. The van der Waals surface area contributed by atoms with Crippen LogP contribution in [-0.2, 0) is 4.74 Å². The molecule has 1 aliphatic heterocycles. The second-order valence-corrected chi connectivity index (χ2v) is 7.23. The van der Waals surface area contributed by atoms with Gasteiger partial charge in [0.25, 0.3) is 0 Å². The van der Waals surface area contributed by atoms with Gasteiger partial charge in [-0.2, -0.15) is 0 Å². The van der Waals surface area contributed by atoms with Crippen molar-refractivity contribution in [1.82, 2.24) is 15.0 Å². The molecule has 1 saturated heterocycles. The van der Waals surface area contributed by atoms with Crippen LogP contribution in [0.5, 0.6) is 0 Å². The minimum absolute atomic E-state index is 0.497. The molecule has 3 heterocycles. The highest BCUT2D eigenvalue weighted by Crippen LogP contribution is 2.31. The van der Waals surface area contributed by atoms with Gasteiger partial charge in [0.1, 0.15) is 5.82 Å². The standard InChI is InChI=1S/C22H25N5O/c1-15-2-4-17(5-3-15)21-19(18-6-7-20(23)24-13-18)14-26-22(27-21)25-12-16-8-10-28-11-9-16/h2-7,13-14,16H,8-12H2,1H3,(H2,23,24)(H,25,26,27). The first-order chi connectivity index (χ1) is 13.7. The molecule has 0 atom stereocenters. The van der Waals surface area contributed by atoms with Crippen LogP contribution in [-0.4, -0.2) is 34.7 Å². The van der Waals surface area contributed by atoms with Gasteiger partial charge in [-0.15, -0.1) is 0 Å². The second kappa shape index (κ2) is 8.35. The Morgan fingerprint density at radius 3 is 2.46 bits per heavy atom. The van der Waals surface area contributed by atoms with Gasteiger partial charge in [-0.25, -0.2) is 15.0 Å². The number of anilines is 2. The van der Waals surface area contributed by atoms with Crippen molar-refractivity contribution in [2.75, 3.05) is 30.8 Å². The number of nitrogens with two attached hydrogens (primary N) is 1. The van der Waals surface area contributed by atoms with Crippen LogP contribution in [0.4, 0.5) is 11.8 Å². The van der Waals surface area contributed by atoms with Crippen LogP contribution in [0.1, 0.15) is 18.4 Å². The Kier molecular flexibility index (Phi) is 5.48. The Hall–Kier alpha value is -2.99. The van der Waals surface area contributed by atoms with E-state index in [1.54, 1.807) is 12.3 Å². The molecule has 28 heavy (non-hydrogen) atoms. The molecule has 0 unspecified atom stereocenters. The second-order valence-electron chi connectivity index (χ2n) is 7.23. The minimum Gasteiger partial charge on any atom is -0.384 e. The van der Waals surface area contributed by atoms with Crippen molar-refractivity contribution >= 4 is 11.8 Å². The zero-order valence-electron chi connectivity index (χ0n) is 16.1. The van der Waals surface area contributed by atoms with Crippen molar-refractivity contribution in [2.24, 2.45) is 5.92 Å². The number of nitrogen functional groups attached to an aromatic ring is 1. The van der Waals surface area contributed by atoms with Crippen molar-refractivity contribution in [2.45, 2.75) is 19.8 Å². The third-order valence-corrected chi connectivity index (χ3v) is 5.10.